The zero-order valence-electron chi connectivity index (χ0n) is 8.70. The summed E-state index contributed by atoms with van der Waals surface area (Å²) in [6.45, 7) is 2.22. The van der Waals surface area contributed by atoms with Crippen LogP contribution in [0.1, 0.15) is 38.2 Å². The van der Waals surface area contributed by atoms with E-state index in [0.717, 1.165) is 25.2 Å². The standard InChI is InChI=1S/C12H18OS/c1-2-10-3-5-12(13,7-10)8-11-4-6-14-9-11/h4,6,9-10,13H,2-3,5,7-8H2,1H3. The third kappa shape index (κ3) is 2.18. The van der Waals surface area contributed by atoms with Crippen molar-refractivity contribution in [3.8, 4) is 0 Å². The van der Waals surface area contributed by atoms with Crippen LogP contribution in [0.15, 0.2) is 16.8 Å². The van der Waals surface area contributed by atoms with Gasteiger partial charge >= 0.3 is 0 Å². The van der Waals surface area contributed by atoms with Crippen molar-refractivity contribution in [2.45, 2.75) is 44.6 Å². The maximum Gasteiger partial charge on any atom is 0.0691 e. The SMILES string of the molecule is CCC1CCC(O)(Cc2ccsc2)C1. The second kappa shape index (κ2) is 4.03. The Bertz CT molecular complexity index is 281. The van der Waals surface area contributed by atoms with Crippen molar-refractivity contribution >= 4 is 11.3 Å². The van der Waals surface area contributed by atoms with Crippen LogP contribution in [0, 0.1) is 5.92 Å². The van der Waals surface area contributed by atoms with Crippen molar-refractivity contribution in [1.29, 1.82) is 0 Å². The van der Waals surface area contributed by atoms with Crippen LogP contribution in [0.3, 0.4) is 0 Å². The summed E-state index contributed by atoms with van der Waals surface area (Å²) >= 11 is 1.72. The molecule has 2 heteroatoms. The van der Waals surface area contributed by atoms with Crippen molar-refractivity contribution in [2.24, 2.45) is 5.92 Å². The first-order chi connectivity index (χ1) is 6.72. The monoisotopic (exact) mass is 210 g/mol. The zero-order valence-corrected chi connectivity index (χ0v) is 9.52. The van der Waals surface area contributed by atoms with E-state index in [4.69, 9.17) is 0 Å². The second-order valence-corrected chi connectivity index (χ2v) is 5.33. The highest BCUT2D eigenvalue weighted by molar-refractivity contribution is 7.07. The van der Waals surface area contributed by atoms with Gasteiger partial charge in [0.15, 0.2) is 0 Å². The molecule has 0 radical (unpaired) electrons. The lowest BCUT2D eigenvalue weighted by Crippen LogP contribution is -2.27. The summed E-state index contributed by atoms with van der Waals surface area (Å²) in [6.07, 6.45) is 5.26. The average Bonchev–Trinajstić information content (AvgIpc) is 2.76. The summed E-state index contributed by atoms with van der Waals surface area (Å²) in [7, 11) is 0. The van der Waals surface area contributed by atoms with Gasteiger partial charge in [0.05, 0.1) is 5.60 Å². The molecule has 1 aromatic heterocycles. The lowest BCUT2D eigenvalue weighted by Gasteiger charge is -2.22. The second-order valence-electron chi connectivity index (χ2n) is 4.55. The van der Waals surface area contributed by atoms with Crippen LogP contribution >= 0.6 is 11.3 Å². The Labute approximate surface area is 89.8 Å². The molecule has 1 N–H and O–H groups in total. The molecule has 2 rings (SSSR count). The van der Waals surface area contributed by atoms with Gasteiger partial charge in [-0.15, -0.1) is 0 Å². The first-order valence-corrected chi connectivity index (χ1v) is 6.39. The Kier molecular flexibility index (Phi) is 2.93. The molecular formula is C12H18OS. The molecule has 1 aromatic rings. The van der Waals surface area contributed by atoms with E-state index < -0.39 is 5.60 Å². The van der Waals surface area contributed by atoms with Crippen LogP contribution in [0.2, 0.25) is 0 Å². The molecule has 0 amide bonds. The third-order valence-corrected chi connectivity index (χ3v) is 4.11. The highest BCUT2D eigenvalue weighted by Crippen LogP contribution is 2.38. The van der Waals surface area contributed by atoms with Gasteiger partial charge in [0, 0.05) is 6.42 Å². The molecule has 2 unspecified atom stereocenters. The first-order valence-electron chi connectivity index (χ1n) is 5.45. The largest absolute Gasteiger partial charge is 0.390 e. The van der Waals surface area contributed by atoms with Crippen LogP contribution in [0.4, 0.5) is 0 Å². The summed E-state index contributed by atoms with van der Waals surface area (Å²) in [5, 5.41) is 14.6. The van der Waals surface area contributed by atoms with Crippen LogP contribution in [0.5, 0.6) is 0 Å². The van der Waals surface area contributed by atoms with E-state index in [9.17, 15) is 5.11 Å². The summed E-state index contributed by atoms with van der Waals surface area (Å²) in [6, 6.07) is 2.13. The van der Waals surface area contributed by atoms with Gasteiger partial charge in [0.2, 0.25) is 0 Å². The molecule has 0 spiro atoms. The van der Waals surface area contributed by atoms with Gasteiger partial charge in [-0.2, -0.15) is 11.3 Å². The first kappa shape index (κ1) is 10.2. The molecular weight excluding hydrogens is 192 g/mol. The van der Waals surface area contributed by atoms with E-state index in [1.54, 1.807) is 11.3 Å². The Morgan fingerprint density at radius 1 is 1.64 bits per heavy atom. The van der Waals surface area contributed by atoms with Gasteiger partial charge in [-0.1, -0.05) is 13.3 Å². The Morgan fingerprint density at radius 2 is 2.50 bits per heavy atom. The van der Waals surface area contributed by atoms with Crippen LogP contribution in [0.25, 0.3) is 0 Å². The normalized spacial score (nSPS) is 32.3. The average molecular weight is 210 g/mol. The number of aliphatic hydroxyl groups is 1. The highest BCUT2D eigenvalue weighted by Gasteiger charge is 2.36. The van der Waals surface area contributed by atoms with Gasteiger partial charge in [-0.25, -0.2) is 0 Å². The highest BCUT2D eigenvalue weighted by atomic mass is 32.1. The van der Waals surface area contributed by atoms with Crippen molar-refractivity contribution < 1.29 is 5.11 Å². The molecule has 14 heavy (non-hydrogen) atoms. The van der Waals surface area contributed by atoms with E-state index >= 15 is 0 Å². The van der Waals surface area contributed by atoms with E-state index in [-0.39, 0.29) is 0 Å². The van der Waals surface area contributed by atoms with Gasteiger partial charge in [-0.05, 0) is 47.6 Å². The van der Waals surface area contributed by atoms with Crippen molar-refractivity contribution in [1.82, 2.24) is 0 Å². The molecule has 0 saturated heterocycles. The lowest BCUT2D eigenvalue weighted by molar-refractivity contribution is 0.0438. The number of thiophene rings is 1. The molecule has 1 aliphatic rings. The van der Waals surface area contributed by atoms with E-state index in [1.165, 1.54) is 18.4 Å². The molecule has 0 aromatic carbocycles. The molecule has 1 saturated carbocycles. The van der Waals surface area contributed by atoms with Crippen molar-refractivity contribution in [3.05, 3.63) is 22.4 Å². The molecule has 2 atom stereocenters. The van der Waals surface area contributed by atoms with Gasteiger partial charge < -0.3 is 5.11 Å². The van der Waals surface area contributed by atoms with E-state index in [0.29, 0.717) is 0 Å². The molecule has 1 heterocycles. The van der Waals surface area contributed by atoms with E-state index in [2.05, 4.69) is 23.8 Å². The summed E-state index contributed by atoms with van der Waals surface area (Å²) < 4.78 is 0. The molecule has 1 nitrogen and oxygen atoms in total. The molecule has 1 fully saturated rings. The molecule has 78 valence electrons. The Hall–Kier alpha value is -0.340. The van der Waals surface area contributed by atoms with Crippen molar-refractivity contribution in [3.63, 3.8) is 0 Å². The minimum absolute atomic E-state index is 0.401. The summed E-state index contributed by atoms with van der Waals surface area (Å²) in [4.78, 5) is 0. The fraction of sp³-hybridized carbons (Fsp3) is 0.667. The van der Waals surface area contributed by atoms with Gasteiger partial charge in [-0.3, -0.25) is 0 Å². The van der Waals surface area contributed by atoms with E-state index in [1.807, 2.05) is 0 Å². The molecule has 0 aliphatic heterocycles. The van der Waals surface area contributed by atoms with Gasteiger partial charge in [0.1, 0.15) is 0 Å². The minimum atomic E-state index is -0.401. The number of rotatable bonds is 3. The summed E-state index contributed by atoms with van der Waals surface area (Å²) in [5.74, 6) is 0.749. The Morgan fingerprint density at radius 3 is 3.07 bits per heavy atom. The molecule has 1 aliphatic carbocycles. The maximum atomic E-state index is 10.4. The number of hydrogen-bond donors (Lipinski definition) is 1. The Balaban J connectivity index is 1.97. The zero-order chi connectivity index (χ0) is 10.0. The maximum absolute atomic E-state index is 10.4. The lowest BCUT2D eigenvalue weighted by atomic mass is 9.93. The fourth-order valence-corrected chi connectivity index (χ4v) is 3.17. The fourth-order valence-electron chi connectivity index (χ4n) is 2.50. The topological polar surface area (TPSA) is 20.2 Å². The van der Waals surface area contributed by atoms with Crippen LogP contribution in [-0.2, 0) is 6.42 Å². The van der Waals surface area contributed by atoms with Crippen molar-refractivity contribution in [2.75, 3.05) is 0 Å². The van der Waals surface area contributed by atoms with Crippen LogP contribution in [-0.4, -0.2) is 10.7 Å². The smallest absolute Gasteiger partial charge is 0.0691 e. The molecule has 0 bridgehead atoms. The third-order valence-electron chi connectivity index (χ3n) is 3.38. The van der Waals surface area contributed by atoms with Crippen LogP contribution < -0.4 is 0 Å². The minimum Gasteiger partial charge on any atom is -0.390 e. The quantitative estimate of drug-likeness (QED) is 0.812. The number of hydrogen-bond acceptors (Lipinski definition) is 2. The predicted molar refractivity (Wildman–Crippen MR) is 60.6 cm³/mol. The predicted octanol–water partition coefficient (Wildman–Crippen LogP) is 3.23. The summed E-state index contributed by atoms with van der Waals surface area (Å²) in [5.41, 5.74) is 0.899. The van der Waals surface area contributed by atoms with Gasteiger partial charge in [0.25, 0.3) is 0 Å².